The summed E-state index contributed by atoms with van der Waals surface area (Å²) in [5, 5.41) is 0. The fourth-order valence-corrected chi connectivity index (χ4v) is 13.2. The molecule has 5 fully saturated rings. The maximum atomic E-state index is 13.6. The molecule has 0 aromatic heterocycles. The zero-order chi connectivity index (χ0) is 82.0. The van der Waals surface area contributed by atoms with Crippen molar-refractivity contribution in [3.8, 4) is 0 Å². The minimum Gasteiger partial charge on any atom is -0.244 e. The van der Waals surface area contributed by atoms with Crippen LogP contribution in [0.25, 0.3) is 0 Å². The quantitative estimate of drug-likeness (QED) is 0.171. The van der Waals surface area contributed by atoms with E-state index < -0.39 is 47.6 Å². The van der Waals surface area contributed by atoms with Crippen molar-refractivity contribution in [1.29, 1.82) is 0 Å². The third-order valence-electron chi connectivity index (χ3n) is 24.7. The van der Waals surface area contributed by atoms with Gasteiger partial charge in [-0.1, -0.05) is 328 Å². The van der Waals surface area contributed by atoms with Crippen LogP contribution in [0.5, 0.6) is 0 Å². The summed E-state index contributed by atoms with van der Waals surface area (Å²) >= 11 is 0. The second-order valence-electron chi connectivity index (χ2n) is 42.1. The van der Waals surface area contributed by atoms with Crippen molar-refractivity contribution in [2.24, 2.45) is 107 Å². The van der Waals surface area contributed by atoms with Gasteiger partial charge in [0, 0.05) is 0 Å². The highest BCUT2D eigenvalue weighted by Gasteiger charge is 2.71. The molecule has 0 aromatic carbocycles. The van der Waals surface area contributed by atoms with E-state index in [0.717, 1.165) is 54.8 Å². The van der Waals surface area contributed by atoms with Crippen LogP contribution < -0.4 is 0 Å². The topological polar surface area (TPSA) is 0 Å². The summed E-state index contributed by atoms with van der Waals surface area (Å²) in [5.74, 6) is 5.53. The smallest absolute Gasteiger partial charge is 0.244 e. The Kier molecular flexibility index (Phi) is 54.1. The normalized spacial score (nSPS) is 20.3. The molecule has 9 heteroatoms. The summed E-state index contributed by atoms with van der Waals surface area (Å²) in [6, 6.07) is 0. The maximum Gasteiger partial charge on any atom is 0.403 e. The highest BCUT2D eigenvalue weighted by molar-refractivity contribution is 5.02. The molecule has 5 aliphatic rings. The molecule has 0 saturated heterocycles. The van der Waals surface area contributed by atoms with Crippen molar-refractivity contribution in [1.82, 2.24) is 0 Å². The maximum absolute atomic E-state index is 13.6. The number of fused-ring (bicyclic) bond motifs is 3. The van der Waals surface area contributed by atoms with Crippen LogP contribution in [0, 0.1) is 107 Å². The van der Waals surface area contributed by atoms with Crippen molar-refractivity contribution < 1.29 is 39.5 Å². The Morgan fingerprint density at radius 2 is 0.730 bits per heavy atom. The fraction of sp³-hybridized carbons (Fsp3) is 1.00. The van der Waals surface area contributed by atoms with E-state index in [1.54, 1.807) is 27.7 Å². The number of hydrogen-bond acceptors (Lipinski definition) is 0. The second kappa shape index (κ2) is 48.0. The van der Waals surface area contributed by atoms with Gasteiger partial charge in [-0.15, -0.1) is 0 Å². The molecule has 100 heavy (non-hydrogen) atoms. The second-order valence-corrected chi connectivity index (χ2v) is 42.1. The first kappa shape index (κ1) is 113. The highest BCUT2D eigenvalue weighted by atomic mass is 19.4. The summed E-state index contributed by atoms with van der Waals surface area (Å²) in [7, 11) is 0. The molecule has 0 aliphatic heterocycles. The first-order valence-electron chi connectivity index (χ1n) is 41.3. The molecule has 5 aliphatic carbocycles. The first-order valence-corrected chi connectivity index (χ1v) is 41.3. The van der Waals surface area contributed by atoms with Crippen LogP contribution in [0.1, 0.15) is 452 Å². The lowest BCUT2D eigenvalue weighted by Gasteiger charge is -2.49. The van der Waals surface area contributed by atoms with E-state index in [0.29, 0.717) is 74.9 Å². The molecular formula is C91H187F9. The molecule has 0 aromatic rings. The minimum absolute atomic E-state index is 0.0543. The van der Waals surface area contributed by atoms with Gasteiger partial charge in [0.2, 0.25) is 0 Å². The van der Waals surface area contributed by atoms with E-state index in [-0.39, 0.29) is 30.1 Å². The van der Waals surface area contributed by atoms with Gasteiger partial charge in [-0.05, 0) is 226 Å². The van der Waals surface area contributed by atoms with Crippen molar-refractivity contribution in [2.45, 2.75) is 482 Å². The van der Waals surface area contributed by atoms with E-state index in [1.165, 1.54) is 77.0 Å². The van der Waals surface area contributed by atoms with Crippen LogP contribution in [-0.4, -0.2) is 29.4 Å². The SMILES string of the molecule is CC(C)(C)C.CC(C)C(C(C)C)C(C)(C)F.CC(C)C(C)(C)C.CC1CCC2(CC1)CCC(C(F)(F)F)(C(F)(F)F)CC2.CCC(C)(C)C.CCC(C)(CC)C(C)(C)C.CCC(C)(F)CC.CCC(CC)C(C)(C)C.CCCC(C)(C)C.CC[C@](C)(F)C(C)C.C[C@H]1CC2CCC1(C)CC2. The van der Waals surface area contributed by atoms with Crippen molar-refractivity contribution in [2.75, 3.05) is 0 Å². The van der Waals surface area contributed by atoms with Gasteiger partial charge in [0.25, 0.3) is 0 Å². The molecule has 2 atom stereocenters. The van der Waals surface area contributed by atoms with Gasteiger partial charge < -0.3 is 0 Å². The molecule has 0 nitrogen and oxygen atoms in total. The molecule has 0 unspecified atom stereocenters. The van der Waals surface area contributed by atoms with Gasteiger partial charge in [-0.3, -0.25) is 0 Å². The average molecular weight is 1450 g/mol. The van der Waals surface area contributed by atoms with E-state index >= 15 is 0 Å². The van der Waals surface area contributed by atoms with Gasteiger partial charge >= 0.3 is 12.4 Å². The van der Waals surface area contributed by atoms with Crippen LogP contribution in [0.15, 0.2) is 0 Å². The lowest BCUT2D eigenvalue weighted by Crippen LogP contribution is -2.53. The molecular weight excluding hydrogens is 1260 g/mol. The van der Waals surface area contributed by atoms with Crippen LogP contribution in [-0.2, 0) is 0 Å². The molecule has 0 heterocycles. The van der Waals surface area contributed by atoms with Gasteiger partial charge in [-0.25, -0.2) is 13.2 Å². The molecule has 2 bridgehead atoms. The average Bonchev–Trinajstić information content (AvgIpc) is 0.739. The summed E-state index contributed by atoms with van der Waals surface area (Å²) < 4.78 is 117. The van der Waals surface area contributed by atoms with Crippen LogP contribution in [0.2, 0.25) is 0 Å². The van der Waals surface area contributed by atoms with Crippen LogP contribution in [0.4, 0.5) is 39.5 Å². The number of halogens is 9. The Morgan fingerprint density at radius 1 is 0.400 bits per heavy atom. The van der Waals surface area contributed by atoms with E-state index in [1.807, 2.05) is 34.6 Å². The summed E-state index contributed by atoms with van der Waals surface area (Å²) in [6.45, 7) is 94.9. The Labute approximate surface area is 625 Å². The molecule has 0 N–H and O–H groups in total. The van der Waals surface area contributed by atoms with Crippen molar-refractivity contribution in [3.05, 3.63) is 0 Å². The zero-order valence-electron chi connectivity index (χ0n) is 76.4. The lowest BCUT2D eigenvalue weighted by molar-refractivity contribution is -0.354. The van der Waals surface area contributed by atoms with E-state index in [2.05, 4.69) is 242 Å². The van der Waals surface area contributed by atoms with Gasteiger partial charge in [0.1, 0.15) is 17.0 Å². The molecule has 5 saturated carbocycles. The minimum atomic E-state index is -5.20. The molecule has 0 amide bonds. The highest BCUT2D eigenvalue weighted by Crippen LogP contribution is 2.63. The summed E-state index contributed by atoms with van der Waals surface area (Å²) in [6.07, 6.45) is 10.1. The Hall–Kier alpha value is -0.630. The Bertz CT molecular complexity index is 1860. The number of alkyl halides is 9. The molecule has 614 valence electrons. The number of rotatable bonds is 12. The third-order valence-corrected chi connectivity index (χ3v) is 24.7. The number of hydrogen-bond donors (Lipinski definition) is 0. The third kappa shape index (κ3) is 51.6. The van der Waals surface area contributed by atoms with Crippen LogP contribution in [0.3, 0.4) is 0 Å². The van der Waals surface area contributed by atoms with Gasteiger partial charge in [-0.2, -0.15) is 26.3 Å². The monoisotopic (exact) mass is 1450 g/mol. The predicted octanol–water partition coefficient (Wildman–Crippen LogP) is 35.4. The molecule has 5 rings (SSSR count). The molecule has 1 spiro atoms. The Morgan fingerprint density at radius 3 is 0.830 bits per heavy atom. The van der Waals surface area contributed by atoms with Crippen LogP contribution >= 0.6 is 0 Å². The van der Waals surface area contributed by atoms with Crippen molar-refractivity contribution >= 4 is 0 Å². The largest absolute Gasteiger partial charge is 0.403 e. The van der Waals surface area contributed by atoms with Gasteiger partial charge in [0.05, 0.1) is 0 Å². The van der Waals surface area contributed by atoms with E-state index in [9.17, 15) is 39.5 Å². The Balaban J connectivity index is -0.000000195. The van der Waals surface area contributed by atoms with Gasteiger partial charge in [0.15, 0.2) is 5.41 Å². The standard InChI is InChI=1S/C14H20F6.C10H21F.C10H18.C10H22.C9H20.C7H15F.2C7H16.C6H13F.C6H14.C5H12/c1-10-2-4-11(5-3-10)6-8-12(9-7-11,13(15,16)17)14(18,19)20;1-7(2)9(8(3)4)10(5,6)11;1-8-7-9-3-5-10(8,2)6-4-9;1-7-10(6,8-2)9(3,4)5;1-6-8(7-2)9(3,4)5;1-5-7(4,8)6(2)3;1-6(2)7(3,4)5;1-5-6-7(2,3)4;1-4-6(3,7)5-2;1-5-6(2,3)4;1-5(2,3)4/h10H,2-9H2,1H3;7-9H,1-6H3;8-9H,3-7H2,1-2H3;7-8H2,1-6H3;8H,6-7H2,1-5H3;6H,5H2,1-4H3;6H,1-5H3;5-6H2,1-4H3;4-5H2,1-3H3;5H2,1-4H3;1-4H3/t;;8-,9?,10?;;;7-;;;;;/m..0..0...../s1. The zero-order valence-corrected chi connectivity index (χ0v) is 76.4. The lowest BCUT2D eigenvalue weighted by atomic mass is 9.57. The predicted molar refractivity (Wildman–Crippen MR) is 435 cm³/mol. The van der Waals surface area contributed by atoms with E-state index in [4.69, 9.17) is 0 Å². The summed E-state index contributed by atoms with van der Waals surface area (Å²) in [5.41, 5.74) is -2.33. The first-order chi connectivity index (χ1) is 44.1. The summed E-state index contributed by atoms with van der Waals surface area (Å²) in [4.78, 5) is 0. The van der Waals surface area contributed by atoms with Crippen molar-refractivity contribution in [3.63, 3.8) is 0 Å². The fourth-order valence-electron chi connectivity index (χ4n) is 13.2. The molecule has 0 radical (unpaired) electrons.